The lowest BCUT2D eigenvalue weighted by Crippen LogP contribution is -2.52. The van der Waals surface area contributed by atoms with Crippen molar-refractivity contribution in [1.82, 2.24) is 15.2 Å². The van der Waals surface area contributed by atoms with Gasteiger partial charge in [0.15, 0.2) is 0 Å². The van der Waals surface area contributed by atoms with Gasteiger partial charge in [-0.2, -0.15) is 0 Å². The van der Waals surface area contributed by atoms with Crippen molar-refractivity contribution in [3.63, 3.8) is 0 Å². The number of nitrogens with zero attached hydrogens (tertiary/aromatic N) is 2. The number of piperazine rings is 1. The Morgan fingerprint density at radius 1 is 1.59 bits per heavy atom. The molecule has 92 valence electrons. The number of pyridine rings is 1. The van der Waals surface area contributed by atoms with Gasteiger partial charge in [0, 0.05) is 37.6 Å². The average molecular weight is 233 g/mol. The summed E-state index contributed by atoms with van der Waals surface area (Å²) in [6.07, 6.45) is 2.25. The molecule has 1 atom stereocenters. The molecule has 0 spiro atoms. The second-order valence-electron chi connectivity index (χ2n) is 4.62. The van der Waals surface area contributed by atoms with Crippen molar-refractivity contribution in [1.29, 1.82) is 0 Å². The van der Waals surface area contributed by atoms with Crippen molar-refractivity contribution in [3.8, 4) is 0 Å². The fourth-order valence-corrected chi connectivity index (χ4v) is 2.09. The number of carbonyl (C=O) groups excluding carboxylic acids is 1. The number of rotatable bonds is 2. The number of hydrogen-bond acceptors (Lipinski definition) is 3. The minimum absolute atomic E-state index is 0.199. The Labute approximate surface area is 102 Å². The van der Waals surface area contributed by atoms with E-state index >= 15 is 0 Å². The molecule has 1 N–H and O–H groups in total. The van der Waals surface area contributed by atoms with Gasteiger partial charge in [-0.15, -0.1) is 0 Å². The third-order valence-corrected chi connectivity index (χ3v) is 3.15. The summed E-state index contributed by atoms with van der Waals surface area (Å²) in [4.78, 5) is 18.3. The molecule has 0 aromatic carbocycles. The summed E-state index contributed by atoms with van der Waals surface area (Å²) in [7, 11) is 0. The Hall–Kier alpha value is -1.42. The second kappa shape index (κ2) is 5.27. The number of aryl methyl sites for hydroxylation is 1. The molecule has 0 bridgehead atoms. The van der Waals surface area contributed by atoms with Gasteiger partial charge in [-0.25, -0.2) is 0 Å². The predicted octanol–water partition coefficient (Wildman–Crippen LogP) is 0.753. The van der Waals surface area contributed by atoms with Crippen LogP contribution >= 0.6 is 0 Å². The van der Waals surface area contributed by atoms with Crippen LogP contribution in [0, 0.1) is 6.92 Å². The van der Waals surface area contributed by atoms with Gasteiger partial charge in [0.1, 0.15) is 0 Å². The zero-order valence-corrected chi connectivity index (χ0v) is 10.4. The summed E-state index contributed by atoms with van der Waals surface area (Å²) in [5.41, 5.74) is 1.98. The molecule has 0 saturated carbocycles. The van der Waals surface area contributed by atoms with Crippen LogP contribution in [0.15, 0.2) is 18.3 Å². The van der Waals surface area contributed by atoms with Gasteiger partial charge in [0.2, 0.25) is 5.91 Å². The van der Waals surface area contributed by atoms with Gasteiger partial charge < -0.3 is 10.2 Å². The Bertz CT molecular complexity index is 388. The maximum Gasteiger partial charge on any atom is 0.227 e. The largest absolute Gasteiger partial charge is 0.337 e. The Balaban J connectivity index is 1.98. The van der Waals surface area contributed by atoms with E-state index in [1.807, 2.05) is 24.0 Å². The molecule has 17 heavy (non-hydrogen) atoms. The first kappa shape index (κ1) is 12.0. The maximum atomic E-state index is 12.1. The number of carbonyl (C=O) groups is 1. The lowest BCUT2D eigenvalue weighted by molar-refractivity contribution is -0.133. The molecule has 1 aliphatic heterocycles. The van der Waals surface area contributed by atoms with E-state index in [0.29, 0.717) is 6.42 Å². The molecule has 0 unspecified atom stereocenters. The zero-order chi connectivity index (χ0) is 12.3. The van der Waals surface area contributed by atoms with Crippen LogP contribution in [0.4, 0.5) is 0 Å². The zero-order valence-electron chi connectivity index (χ0n) is 10.4. The van der Waals surface area contributed by atoms with Crippen LogP contribution in [-0.2, 0) is 11.2 Å². The summed E-state index contributed by atoms with van der Waals surface area (Å²) >= 11 is 0. The van der Waals surface area contributed by atoms with Gasteiger partial charge in [-0.05, 0) is 25.5 Å². The third-order valence-electron chi connectivity index (χ3n) is 3.15. The van der Waals surface area contributed by atoms with Gasteiger partial charge in [-0.1, -0.05) is 6.07 Å². The van der Waals surface area contributed by atoms with Crippen molar-refractivity contribution in [3.05, 3.63) is 29.6 Å². The van der Waals surface area contributed by atoms with Crippen LogP contribution in [-0.4, -0.2) is 41.5 Å². The van der Waals surface area contributed by atoms with Crippen molar-refractivity contribution in [2.75, 3.05) is 19.6 Å². The van der Waals surface area contributed by atoms with Crippen LogP contribution in [0.2, 0.25) is 0 Å². The number of amides is 1. The van der Waals surface area contributed by atoms with E-state index in [-0.39, 0.29) is 11.9 Å². The minimum Gasteiger partial charge on any atom is -0.337 e. The second-order valence-corrected chi connectivity index (χ2v) is 4.62. The molecule has 4 nitrogen and oxygen atoms in total. The fraction of sp³-hybridized carbons (Fsp3) is 0.538. The highest BCUT2D eigenvalue weighted by Gasteiger charge is 2.22. The van der Waals surface area contributed by atoms with Crippen molar-refractivity contribution >= 4 is 5.91 Å². The first-order chi connectivity index (χ1) is 8.16. The standard InChI is InChI=1S/C13H19N3O/c1-10-3-4-12(9-15-10)7-13(17)16-6-5-14-8-11(16)2/h3-4,9,11,14H,5-8H2,1-2H3/t11-/m0/s1. The number of hydrogen-bond donors (Lipinski definition) is 1. The highest BCUT2D eigenvalue weighted by molar-refractivity contribution is 5.79. The van der Waals surface area contributed by atoms with E-state index in [2.05, 4.69) is 17.2 Å². The van der Waals surface area contributed by atoms with E-state index in [1.165, 1.54) is 0 Å². The van der Waals surface area contributed by atoms with Crippen LogP contribution in [0.1, 0.15) is 18.2 Å². The van der Waals surface area contributed by atoms with Crippen LogP contribution in [0.25, 0.3) is 0 Å². The molecule has 1 aromatic heterocycles. The van der Waals surface area contributed by atoms with Crippen molar-refractivity contribution in [2.45, 2.75) is 26.3 Å². The third kappa shape index (κ3) is 3.03. The molecular weight excluding hydrogens is 214 g/mol. The predicted molar refractivity (Wildman–Crippen MR) is 66.7 cm³/mol. The van der Waals surface area contributed by atoms with Crippen LogP contribution in [0.3, 0.4) is 0 Å². The monoisotopic (exact) mass is 233 g/mol. The summed E-state index contributed by atoms with van der Waals surface area (Å²) < 4.78 is 0. The van der Waals surface area contributed by atoms with Crippen LogP contribution in [0.5, 0.6) is 0 Å². The number of aromatic nitrogens is 1. The Kier molecular flexibility index (Phi) is 3.74. The number of nitrogens with one attached hydrogen (secondary N) is 1. The van der Waals surface area contributed by atoms with Gasteiger partial charge in [0.25, 0.3) is 0 Å². The van der Waals surface area contributed by atoms with Crippen molar-refractivity contribution < 1.29 is 4.79 Å². The van der Waals surface area contributed by atoms with Crippen molar-refractivity contribution in [2.24, 2.45) is 0 Å². The lowest BCUT2D eigenvalue weighted by Gasteiger charge is -2.34. The average Bonchev–Trinajstić information content (AvgIpc) is 2.32. The Morgan fingerprint density at radius 3 is 3.06 bits per heavy atom. The fourth-order valence-electron chi connectivity index (χ4n) is 2.09. The normalized spacial score (nSPS) is 20.4. The van der Waals surface area contributed by atoms with E-state index in [0.717, 1.165) is 30.9 Å². The van der Waals surface area contributed by atoms with Gasteiger partial charge in [-0.3, -0.25) is 9.78 Å². The molecule has 2 heterocycles. The van der Waals surface area contributed by atoms with E-state index in [4.69, 9.17) is 0 Å². The van der Waals surface area contributed by atoms with E-state index in [9.17, 15) is 4.79 Å². The molecule has 1 amide bonds. The Morgan fingerprint density at radius 2 is 2.41 bits per heavy atom. The summed E-state index contributed by atoms with van der Waals surface area (Å²) in [6, 6.07) is 4.21. The summed E-state index contributed by atoms with van der Waals surface area (Å²) in [6.45, 7) is 6.61. The summed E-state index contributed by atoms with van der Waals surface area (Å²) in [5, 5.41) is 3.28. The molecule has 1 aromatic rings. The first-order valence-corrected chi connectivity index (χ1v) is 6.08. The smallest absolute Gasteiger partial charge is 0.227 e. The molecule has 0 aliphatic carbocycles. The lowest BCUT2D eigenvalue weighted by atomic mass is 10.1. The topological polar surface area (TPSA) is 45.2 Å². The summed E-state index contributed by atoms with van der Waals surface area (Å²) in [5.74, 6) is 0.199. The molecule has 0 radical (unpaired) electrons. The highest BCUT2D eigenvalue weighted by atomic mass is 16.2. The molecule has 1 aliphatic rings. The molecule has 1 fully saturated rings. The van der Waals surface area contributed by atoms with E-state index in [1.54, 1.807) is 6.20 Å². The highest BCUT2D eigenvalue weighted by Crippen LogP contribution is 2.07. The SMILES string of the molecule is Cc1ccc(CC(=O)N2CCNC[C@@H]2C)cn1. The maximum absolute atomic E-state index is 12.1. The molecule has 1 saturated heterocycles. The quantitative estimate of drug-likeness (QED) is 0.820. The molecular formula is C13H19N3O. The first-order valence-electron chi connectivity index (χ1n) is 6.08. The van der Waals surface area contributed by atoms with Gasteiger partial charge in [0.05, 0.1) is 6.42 Å². The van der Waals surface area contributed by atoms with E-state index < -0.39 is 0 Å². The van der Waals surface area contributed by atoms with Gasteiger partial charge >= 0.3 is 0 Å². The minimum atomic E-state index is 0.199. The van der Waals surface area contributed by atoms with Crippen LogP contribution < -0.4 is 5.32 Å². The molecule has 4 heteroatoms. The molecule has 2 rings (SSSR count).